The first kappa shape index (κ1) is 20.8. The first-order chi connectivity index (χ1) is 15.9. The fourth-order valence-corrected chi connectivity index (χ4v) is 4.69. The number of hydrogen-bond acceptors (Lipinski definition) is 7. The summed E-state index contributed by atoms with van der Waals surface area (Å²) in [6.07, 6.45) is 6.03. The van der Waals surface area contributed by atoms with E-state index in [2.05, 4.69) is 16.0 Å². The molecule has 0 saturated heterocycles. The van der Waals surface area contributed by atoms with Gasteiger partial charge in [-0.15, -0.1) is 0 Å². The Morgan fingerprint density at radius 2 is 1.58 bits per heavy atom. The van der Waals surface area contributed by atoms with E-state index in [0.29, 0.717) is 5.84 Å². The van der Waals surface area contributed by atoms with Crippen molar-refractivity contribution in [1.82, 2.24) is 9.97 Å². The summed E-state index contributed by atoms with van der Waals surface area (Å²) in [5.74, 6) is 0.672. The molecule has 8 heteroatoms. The van der Waals surface area contributed by atoms with Crippen LogP contribution in [-0.4, -0.2) is 30.5 Å². The smallest absolute Gasteiger partial charge is 0.306 e. The molecule has 2 N–H and O–H groups in total. The first-order valence-electron chi connectivity index (χ1n) is 10.2. The van der Waals surface area contributed by atoms with E-state index >= 15 is 0 Å². The van der Waals surface area contributed by atoms with Gasteiger partial charge in [-0.05, 0) is 40.5 Å². The van der Waals surface area contributed by atoms with Crippen molar-refractivity contribution in [3.8, 4) is 16.9 Å². The molecule has 1 aliphatic heterocycles. The molecule has 0 spiro atoms. The molecular formula is C25H20N4O3S. The fourth-order valence-electron chi connectivity index (χ4n) is 4.23. The quantitative estimate of drug-likeness (QED) is 0.461. The molecule has 0 radical (unpaired) electrons. The van der Waals surface area contributed by atoms with Crippen LogP contribution in [0.3, 0.4) is 0 Å². The van der Waals surface area contributed by atoms with Crippen LogP contribution in [0, 0.1) is 0 Å². The van der Waals surface area contributed by atoms with Gasteiger partial charge in [-0.3, -0.25) is 0 Å². The molecule has 0 aliphatic carbocycles. The van der Waals surface area contributed by atoms with Gasteiger partial charge in [-0.2, -0.15) is 8.42 Å². The maximum Gasteiger partial charge on any atom is 0.306 e. The predicted molar refractivity (Wildman–Crippen MR) is 126 cm³/mol. The van der Waals surface area contributed by atoms with Crippen LogP contribution in [0.15, 0.2) is 96.5 Å². The third-order valence-electron chi connectivity index (χ3n) is 5.57. The molecule has 1 aliphatic rings. The maximum absolute atomic E-state index is 11.5. The Morgan fingerprint density at radius 1 is 0.848 bits per heavy atom. The molecule has 4 aromatic rings. The monoisotopic (exact) mass is 456 g/mol. The number of aromatic nitrogens is 2. The largest absolute Gasteiger partial charge is 0.383 e. The van der Waals surface area contributed by atoms with Crippen LogP contribution in [0.25, 0.3) is 11.1 Å². The van der Waals surface area contributed by atoms with Gasteiger partial charge in [0.25, 0.3) is 0 Å². The molecule has 33 heavy (non-hydrogen) atoms. The van der Waals surface area contributed by atoms with Crippen LogP contribution in [0.5, 0.6) is 5.75 Å². The highest BCUT2D eigenvalue weighted by atomic mass is 32.2. The van der Waals surface area contributed by atoms with Gasteiger partial charge >= 0.3 is 10.1 Å². The lowest BCUT2D eigenvalue weighted by Gasteiger charge is -2.29. The van der Waals surface area contributed by atoms with Gasteiger partial charge in [0.15, 0.2) is 0 Å². The van der Waals surface area contributed by atoms with E-state index in [-0.39, 0.29) is 5.75 Å². The molecule has 5 rings (SSSR count). The zero-order chi connectivity index (χ0) is 23.1. The van der Waals surface area contributed by atoms with E-state index < -0.39 is 15.7 Å². The van der Waals surface area contributed by atoms with Crippen LogP contribution < -0.4 is 9.92 Å². The molecule has 0 bridgehead atoms. The minimum absolute atomic E-state index is 0.231. The lowest BCUT2D eigenvalue weighted by molar-refractivity contribution is 0.492. The van der Waals surface area contributed by atoms with Gasteiger partial charge in [-0.1, -0.05) is 54.6 Å². The summed E-state index contributed by atoms with van der Waals surface area (Å²) in [4.78, 5) is 13.2. The molecule has 1 aromatic heterocycles. The molecule has 2 heterocycles. The SMILES string of the molecule is CS(=O)(=O)Oc1ccc(C2(c3cccc(-c4cncnc4)c3)N=C(N)c3ccccc32)cc1. The molecule has 3 aromatic carbocycles. The van der Waals surface area contributed by atoms with Gasteiger partial charge in [0, 0.05) is 23.5 Å². The summed E-state index contributed by atoms with van der Waals surface area (Å²) < 4.78 is 28.1. The highest BCUT2D eigenvalue weighted by Gasteiger charge is 2.42. The van der Waals surface area contributed by atoms with Crippen LogP contribution in [0.1, 0.15) is 22.3 Å². The second kappa shape index (κ2) is 7.83. The van der Waals surface area contributed by atoms with E-state index in [1.165, 1.54) is 6.33 Å². The normalized spacial score (nSPS) is 17.3. The third-order valence-corrected chi connectivity index (χ3v) is 6.07. The Bertz CT molecular complexity index is 1470. The molecular weight excluding hydrogens is 436 g/mol. The van der Waals surface area contributed by atoms with Crippen LogP contribution in [0.2, 0.25) is 0 Å². The lowest BCUT2D eigenvalue weighted by Crippen LogP contribution is -2.25. The Labute approximate surface area is 191 Å². The molecule has 0 saturated carbocycles. The van der Waals surface area contributed by atoms with Crippen molar-refractivity contribution in [3.05, 3.63) is 114 Å². The van der Waals surface area contributed by atoms with Gasteiger partial charge in [0.1, 0.15) is 23.5 Å². The molecule has 7 nitrogen and oxygen atoms in total. The highest BCUT2D eigenvalue weighted by molar-refractivity contribution is 7.86. The standard InChI is InChI=1S/C25H20N4O3S/c1-33(30,31)32-21-11-9-19(10-12-21)25(23-8-3-2-7-22(23)24(26)29-25)20-6-4-5-17(13-20)18-14-27-16-28-15-18/h2-16H,1H3,(H2,26,29). The number of benzene rings is 3. The Hall–Kier alpha value is -4.04. The van der Waals surface area contributed by atoms with Gasteiger partial charge in [0.2, 0.25) is 0 Å². The minimum Gasteiger partial charge on any atom is -0.383 e. The third kappa shape index (κ3) is 3.74. The van der Waals surface area contributed by atoms with E-state index in [0.717, 1.165) is 39.6 Å². The summed E-state index contributed by atoms with van der Waals surface area (Å²) in [7, 11) is -3.63. The molecule has 164 valence electrons. The zero-order valence-corrected chi connectivity index (χ0v) is 18.5. The van der Waals surface area contributed by atoms with Gasteiger partial charge in [-0.25, -0.2) is 15.0 Å². The minimum atomic E-state index is -3.63. The first-order valence-corrected chi connectivity index (χ1v) is 12.0. The van der Waals surface area contributed by atoms with Crippen molar-refractivity contribution < 1.29 is 12.6 Å². The summed E-state index contributed by atoms with van der Waals surface area (Å²) in [6, 6.07) is 22.8. The fraction of sp³-hybridized carbons (Fsp3) is 0.0800. The Kier molecular flexibility index (Phi) is 4.94. The second-order valence-electron chi connectivity index (χ2n) is 7.77. The number of fused-ring (bicyclic) bond motifs is 1. The summed E-state index contributed by atoms with van der Waals surface area (Å²) >= 11 is 0. The highest BCUT2D eigenvalue weighted by Crippen LogP contribution is 2.46. The van der Waals surface area contributed by atoms with Crippen molar-refractivity contribution in [2.45, 2.75) is 5.54 Å². The predicted octanol–water partition coefficient (Wildman–Crippen LogP) is 3.49. The summed E-state index contributed by atoms with van der Waals surface area (Å²) in [5, 5.41) is 0. The maximum atomic E-state index is 11.5. The molecule has 0 amide bonds. The van der Waals surface area contributed by atoms with Crippen LogP contribution in [0.4, 0.5) is 0 Å². The van der Waals surface area contributed by atoms with Gasteiger partial charge in [0.05, 0.1) is 6.26 Å². The number of amidine groups is 1. The number of rotatable bonds is 5. The summed E-state index contributed by atoms with van der Waals surface area (Å²) in [6.45, 7) is 0. The molecule has 1 atom stereocenters. The molecule has 0 fully saturated rings. The average Bonchev–Trinajstić information content (AvgIpc) is 3.13. The van der Waals surface area contributed by atoms with Crippen LogP contribution in [-0.2, 0) is 15.7 Å². The topological polar surface area (TPSA) is 108 Å². The number of nitrogens with zero attached hydrogens (tertiary/aromatic N) is 3. The van der Waals surface area contributed by atoms with Gasteiger partial charge < -0.3 is 9.92 Å². The molecule has 1 unspecified atom stereocenters. The Morgan fingerprint density at radius 3 is 2.30 bits per heavy atom. The number of aliphatic imine (C=N–C) groups is 1. The average molecular weight is 457 g/mol. The second-order valence-corrected chi connectivity index (χ2v) is 9.35. The van der Waals surface area contributed by atoms with Crippen molar-refractivity contribution in [2.24, 2.45) is 10.7 Å². The van der Waals surface area contributed by atoms with Crippen molar-refractivity contribution in [1.29, 1.82) is 0 Å². The van der Waals surface area contributed by atoms with Crippen molar-refractivity contribution >= 4 is 16.0 Å². The Balaban J connectivity index is 1.72. The van der Waals surface area contributed by atoms with Crippen molar-refractivity contribution in [3.63, 3.8) is 0 Å². The van der Waals surface area contributed by atoms with Crippen LogP contribution >= 0.6 is 0 Å². The van der Waals surface area contributed by atoms with E-state index in [1.54, 1.807) is 24.5 Å². The lowest BCUT2D eigenvalue weighted by atomic mass is 9.77. The van der Waals surface area contributed by atoms with Crippen molar-refractivity contribution in [2.75, 3.05) is 6.26 Å². The number of nitrogens with two attached hydrogens (primary N) is 1. The zero-order valence-electron chi connectivity index (χ0n) is 17.7. The summed E-state index contributed by atoms with van der Waals surface area (Å²) in [5.41, 5.74) is 10.9. The number of hydrogen-bond donors (Lipinski definition) is 1. The van der Waals surface area contributed by atoms with E-state index in [4.69, 9.17) is 14.9 Å². The van der Waals surface area contributed by atoms with E-state index in [1.807, 2.05) is 54.6 Å². The van der Waals surface area contributed by atoms with E-state index in [9.17, 15) is 8.42 Å².